The molecule has 0 aromatic rings. The van der Waals surface area contributed by atoms with Crippen LogP contribution in [0.4, 0.5) is 0 Å². The van der Waals surface area contributed by atoms with Crippen molar-refractivity contribution in [2.75, 3.05) is 0 Å². The van der Waals surface area contributed by atoms with Crippen LogP contribution in [0.1, 0.15) is 66.2 Å². The molecule has 4 heteroatoms. The highest BCUT2D eigenvalue weighted by Crippen LogP contribution is 2.40. The first-order valence-electron chi connectivity index (χ1n) is 8.40. The number of hydrogen-bond donors (Lipinski definition) is 1. The monoisotopic (exact) mass is 310 g/mol. The number of aliphatic carboxylic acids is 1. The lowest BCUT2D eigenvalue weighted by Gasteiger charge is -2.40. The number of carbonyl (C=O) groups excluding carboxylic acids is 1. The Morgan fingerprint density at radius 3 is 2.27 bits per heavy atom. The molecule has 126 valence electrons. The van der Waals surface area contributed by atoms with Gasteiger partial charge in [-0.3, -0.25) is 0 Å². The fourth-order valence-electron chi connectivity index (χ4n) is 3.52. The largest absolute Gasteiger partial charge is 0.478 e. The van der Waals surface area contributed by atoms with Gasteiger partial charge in [-0.1, -0.05) is 33.6 Å². The van der Waals surface area contributed by atoms with Gasteiger partial charge in [0, 0.05) is 12.2 Å². The lowest BCUT2D eigenvalue weighted by atomic mass is 9.71. The van der Waals surface area contributed by atoms with Gasteiger partial charge < -0.3 is 9.84 Å². The average Bonchev–Trinajstić information content (AvgIpc) is 2.45. The lowest BCUT2D eigenvalue weighted by molar-refractivity contribution is -0.160. The van der Waals surface area contributed by atoms with Crippen molar-refractivity contribution in [2.45, 2.75) is 71.8 Å². The first-order chi connectivity index (χ1) is 10.3. The summed E-state index contributed by atoms with van der Waals surface area (Å²) in [6.45, 7) is 8.53. The number of carboxylic acids is 1. The number of esters is 1. The van der Waals surface area contributed by atoms with Crippen molar-refractivity contribution in [3.8, 4) is 0 Å². The molecular weight excluding hydrogens is 280 g/mol. The fourth-order valence-corrected chi connectivity index (χ4v) is 3.52. The second-order valence-electron chi connectivity index (χ2n) is 7.11. The molecule has 1 atom stereocenters. The molecular formula is C18H30O4. The van der Waals surface area contributed by atoms with Crippen molar-refractivity contribution in [2.24, 2.45) is 17.8 Å². The number of carbonyl (C=O) groups is 2. The summed E-state index contributed by atoms with van der Waals surface area (Å²) >= 11 is 0. The van der Waals surface area contributed by atoms with Crippen LogP contribution >= 0.6 is 0 Å². The molecule has 1 fully saturated rings. The van der Waals surface area contributed by atoms with Crippen molar-refractivity contribution in [3.05, 3.63) is 12.2 Å². The molecule has 0 aromatic heterocycles. The van der Waals surface area contributed by atoms with Crippen LogP contribution in [0, 0.1) is 17.8 Å². The fraction of sp³-hybridized carbons (Fsp3) is 0.778. The normalized spacial score (nSPS) is 25.1. The molecule has 0 aromatic carbocycles. The standard InChI is InChI=1S/C18H30O4/c1-5-18(4,22-17(21)11-10-16(19)20)15-8-6-14(7-9-15)12-13(2)3/h10-11,13-15H,5-9,12H2,1-4H3,(H,19,20)/b11-10+. The van der Waals surface area contributed by atoms with Gasteiger partial charge in [0.2, 0.25) is 0 Å². The highest BCUT2D eigenvalue weighted by atomic mass is 16.6. The quantitative estimate of drug-likeness (QED) is 0.565. The predicted molar refractivity (Wildman–Crippen MR) is 86.5 cm³/mol. The van der Waals surface area contributed by atoms with Gasteiger partial charge in [0.15, 0.2) is 0 Å². The van der Waals surface area contributed by atoms with E-state index in [-0.39, 0.29) is 0 Å². The highest BCUT2D eigenvalue weighted by molar-refractivity contribution is 5.90. The highest BCUT2D eigenvalue weighted by Gasteiger charge is 2.38. The Balaban J connectivity index is 2.59. The second kappa shape index (κ2) is 8.35. The van der Waals surface area contributed by atoms with E-state index in [0.29, 0.717) is 5.92 Å². The van der Waals surface area contributed by atoms with Gasteiger partial charge in [-0.2, -0.15) is 0 Å². The molecule has 4 nitrogen and oxygen atoms in total. The zero-order valence-electron chi connectivity index (χ0n) is 14.3. The van der Waals surface area contributed by atoms with E-state index in [2.05, 4.69) is 13.8 Å². The number of ether oxygens (including phenoxy) is 1. The maximum atomic E-state index is 11.8. The van der Waals surface area contributed by atoms with Crippen LogP contribution in [-0.2, 0) is 14.3 Å². The summed E-state index contributed by atoms with van der Waals surface area (Å²) in [5.41, 5.74) is -0.497. The molecule has 1 N–H and O–H groups in total. The molecule has 0 bridgehead atoms. The number of carboxylic acid groups (broad SMARTS) is 1. The SMILES string of the molecule is CCC(C)(OC(=O)/C=C/C(=O)O)C1CCC(CC(C)C)CC1. The summed E-state index contributed by atoms with van der Waals surface area (Å²) in [6, 6.07) is 0. The van der Waals surface area contributed by atoms with E-state index in [0.717, 1.165) is 43.3 Å². The summed E-state index contributed by atoms with van der Waals surface area (Å²) in [6.07, 6.45) is 8.41. The van der Waals surface area contributed by atoms with Crippen LogP contribution in [0.5, 0.6) is 0 Å². The Kier molecular flexibility index (Phi) is 7.11. The van der Waals surface area contributed by atoms with Crippen LogP contribution in [-0.4, -0.2) is 22.6 Å². The molecule has 0 amide bonds. The molecule has 1 rings (SSSR count). The summed E-state index contributed by atoms with van der Waals surface area (Å²) in [4.78, 5) is 22.3. The molecule has 1 aliphatic carbocycles. The average molecular weight is 310 g/mol. The zero-order valence-corrected chi connectivity index (χ0v) is 14.3. The molecule has 22 heavy (non-hydrogen) atoms. The van der Waals surface area contributed by atoms with Crippen molar-refractivity contribution >= 4 is 11.9 Å². The summed E-state index contributed by atoms with van der Waals surface area (Å²) in [5, 5.41) is 8.57. The van der Waals surface area contributed by atoms with E-state index in [1.165, 1.54) is 19.3 Å². The molecule has 0 aliphatic heterocycles. The summed E-state index contributed by atoms with van der Waals surface area (Å²) < 4.78 is 5.60. The Morgan fingerprint density at radius 1 is 1.23 bits per heavy atom. The zero-order chi connectivity index (χ0) is 16.8. The third-order valence-corrected chi connectivity index (χ3v) is 4.91. The van der Waals surface area contributed by atoms with Gasteiger partial charge in [0.05, 0.1) is 0 Å². The minimum atomic E-state index is -1.13. The van der Waals surface area contributed by atoms with E-state index in [1.807, 2.05) is 13.8 Å². The molecule has 1 unspecified atom stereocenters. The molecule has 0 spiro atoms. The molecule has 0 saturated heterocycles. The van der Waals surface area contributed by atoms with Crippen LogP contribution in [0.25, 0.3) is 0 Å². The van der Waals surface area contributed by atoms with Gasteiger partial charge >= 0.3 is 11.9 Å². The Hall–Kier alpha value is -1.32. The van der Waals surface area contributed by atoms with E-state index < -0.39 is 17.5 Å². The third kappa shape index (κ3) is 5.82. The summed E-state index contributed by atoms with van der Waals surface area (Å²) in [7, 11) is 0. The van der Waals surface area contributed by atoms with E-state index in [1.54, 1.807) is 0 Å². The maximum absolute atomic E-state index is 11.8. The van der Waals surface area contributed by atoms with E-state index >= 15 is 0 Å². The van der Waals surface area contributed by atoms with Gasteiger partial charge in [-0.15, -0.1) is 0 Å². The molecule has 1 aliphatic rings. The van der Waals surface area contributed by atoms with Crippen molar-refractivity contribution in [3.63, 3.8) is 0 Å². The molecule has 1 saturated carbocycles. The Morgan fingerprint density at radius 2 is 1.82 bits per heavy atom. The van der Waals surface area contributed by atoms with Gasteiger partial charge in [-0.25, -0.2) is 9.59 Å². The molecule has 0 radical (unpaired) electrons. The third-order valence-electron chi connectivity index (χ3n) is 4.91. The smallest absolute Gasteiger partial charge is 0.331 e. The number of hydrogen-bond acceptors (Lipinski definition) is 3. The Bertz CT molecular complexity index is 405. The van der Waals surface area contributed by atoms with Gasteiger partial charge in [0.1, 0.15) is 5.60 Å². The van der Waals surface area contributed by atoms with Crippen LogP contribution in [0.15, 0.2) is 12.2 Å². The number of rotatable bonds is 7. The minimum absolute atomic E-state index is 0.364. The molecule has 0 heterocycles. The van der Waals surface area contributed by atoms with Crippen LogP contribution in [0.2, 0.25) is 0 Å². The summed E-state index contributed by atoms with van der Waals surface area (Å²) in [5.74, 6) is 0.196. The van der Waals surface area contributed by atoms with Crippen molar-refractivity contribution < 1.29 is 19.4 Å². The second-order valence-corrected chi connectivity index (χ2v) is 7.11. The lowest BCUT2D eigenvalue weighted by Crippen LogP contribution is -2.41. The van der Waals surface area contributed by atoms with E-state index in [9.17, 15) is 9.59 Å². The van der Waals surface area contributed by atoms with E-state index in [4.69, 9.17) is 9.84 Å². The van der Waals surface area contributed by atoms with Crippen LogP contribution < -0.4 is 0 Å². The minimum Gasteiger partial charge on any atom is -0.478 e. The first-order valence-corrected chi connectivity index (χ1v) is 8.40. The van der Waals surface area contributed by atoms with Crippen LogP contribution in [0.3, 0.4) is 0 Å². The maximum Gasteiger partial charge on any atom is 0.331 e. The Labute approximate surface area is 133 Å². The predicted octanol–water partition coefficient (Wildman–Crippen LogP) is 4.19. The van der Waals surface area contributed by atoms with Gasteiger partial charge in [-0.05, 0) is 50.4 Å². The first kappa shape index (κ1) is 18.7. The van der Waals surface area contributed by atoms with Crippen molar-refractivity contribution in [1.29, 1.82) is 0 Å². The van der Waals surface area contributed by atoms with Crippen molar-refractivity contribution in [1.82, 2.24) is 0 Å². The topological polar surface area (TPSA) is 63.6 Å². The van der Waals surface area contributed by atoms with Gasteiger partial charge in [0.25, 0.3) is 0 Å².